The van der Waals surface area contributed by atoms with Crippen molar-refractivity contribution in [3.63, 3.8) is 0 Å². The van der Waals surface area contributed by atoms with Crippen LogP contribution >= 0.6 is 0 Å². The molecule has 0 aliphatic heterocycles. The lowest BCUT2D eigenvalue weighted by Gasteiger charge is -2.08. The molecule has 1 rings (SSSR count). The van der Waals surface area contributed by atoms with Gasteiger partial charge in [-0.3, -0.25) is 0 Å². The molecule has 0 aliphatic carbocycles. The predicted octanol–water partition coefficient (Wildman–Crippen LogP) is 0.138. The summed E-state index contributed by atoms with van der Waals surface area (Å²) in [6.45, 7) is 2.36. The summed E-state index contributed by atoms with van der Waals surface area (Å²) in [5.41, 5.74) is 0.954. The van der Waals surface area contributed by atoms with Crippen LogP contribution in [0.2, 0.25) is 0 Å². The van der Waals surface area contributed by atoms with Crippen molar-refractivity contribution in [1.29, 1.82) is 0 Å². The standard InChI is InChI=1S/C11H17N3O4S/c1-8-9(11(15)18-2)4-5-10(14-8)12-6-7-13-19(3,16)17/h4-5,13H,6-7H2,1-3H3,(H,12,14). The lowest BCUT2D eigenvalue weighted by atomic mass is 10.2. The van der Waals surface area contributed by atoms with Crippen molar-refractivity contribution < 1.29 is 17.9 Å². The van der Waals surface area contributed by atoms with Gasteiger partial charge in [-0.2, -0.15) is 0 Å². The summed E-state index contributed by atoms with van der Waals surface area (Å²) >= 11 is 0. The molecule has 1 aromatic rings. The summed E-state index contributed by atoms with van der Waals surface area (Å²) in [6, 6.07) is 3.25. The normalized spacial score (nSPS) is 11.1. The van der Waals surface area contributed by atoms with Gasteiger partial charge in [-0.1, -0.05) is 0 Å². The first-order valence-corrected chi connectivity index (χ1v) is 7.47. The number of carbonyl (C=O) groups excluding carboxylic acids is 1. The summed E-state index contributed by atoms with van der Waals surface area (Å²) in [5.74, 6) is 0.135. The Morgan fingerprint density at radius 1 is 1.37 bits per heavy atom. The maximum Gasteiger partial charge on any atom is 0.339 e. The van der Waals surface area contributed by atoms with E-state index in [0.29, 0.717) is 23.6 Å². The van der Waals surface area contributed by atoms with Gasteiger partial charge in [0, 0.05) is 13.1 Å². The number of nitrogens with zero attached hydrogens (tertiary/aromatic N) is 1. The number of anilines is 1. The summed E-state index contributed by atoms with van der Waals surface area (Å²) < 4.78 is 28.7. The zero-order valence-corrected chi connectivity index (χ0v) is 11.9. The van der Waals surface area contributed by atoms with Crippen molar-refractivity contribution in [2.45, 2.75) is 6.92 Å². The second-order valence-electron chi connectivity index (χ2n) is 3.91. The number of aryl methyl sites for hydroxylation is 1. The van der Waals surface area contributed by atoms with Crippen LogP contribution < -0.4 is 10.0 Å². The maximum absolute atomic E-state index is 11.4. The molecule has 0 fully saturated rings. The minimum Gasteiger partial charge on any atom is -0.465 e. The third-order valence-corrected chi connectivity index (χ3v) is 3.01. The number of carbonyl (C=O) groups is 1. The molecule has 0 unspecified atom stereocenters. The predicted molar refractivity (Wildman–Crippen MR) is 71.6 cm³/mol. The lowest BCUT2D eigenvalue weighted by molar-refractivity contribution is 0.0599. The first kappa shape index (κ1) is 15.4. The van der Waals surface area contributed by atoms with E-state index in [9.17, 15) is 13.2 Å². The molecule has 0 radical (unpaired) electrons. The van der Waals surface area contributed by atoms with Crippen LogP contribution in [-0.4, -0.2) is 45.8 Å². The van der Waals surface area contributed by atoms with Gasteiger partial charge in [0.1, 0.15) is 5.82 Å². The van der Waals surface area contributed by atoms with E-state index >= 15 is 0 Å². The number of methoxy groups -OCH3 is 1. The van der Waals surface area contributed by atoms with Crippen molar-refractivity contribution in [3.8, 4) is 0 Å². The molecule has 7 nitrogen and oxygen atoms in total. The smallest absolute Gasteiger partial charge is 0.339 e. The molecule has 106 valence electrons. The van der Waals surface area contributed by atoms with Crippen LogP contribution in [0.1, 0.15) is 16.1 Å². The number of ether oxygens (including phenoxy) is 1. The molecule has 19 heavy (non-hydrogen) atoms. The maximum atomic E-state index is 11.4. The van der Waals surface area contributed by atoms with Gasteiger partial charge in [-0.15, -0.1) is 0 Å². The second-order valence-corrected chi connectivity index (χ2v) is 5.75. The molecular formula is C11H17N3O4S. The van der Waals surface area contributed by atoms with Crippen LogP contribution in [-0.2, 0) is 14.8 Å². The molecule has 0 bridgehead atoms. The average Bonchev–Trinajstić information content (AvgIpc) is 2.33. The lowest BCUT2D eigenvalue weighted by Crippen LogP contribution is -2.27. The number of sulfonamides is 1. The van der Waals surface area contributed by atoms with Gasteiger partial charge in [0.15, 0.2) is 0 Å². The van der Waals surface area contributed by atoms with Gasteiger partial charge >= 0.3 is 5.97 Å². The highest BCUT2D eigenvalue weighted by atomic mass is 32.2. The van der Waals surface area contributed by atoms with E-state index in [2.05, 4.69) is 19.8 Å². The molecule has 1 heterocycles. The molecule has 0 saturated heterocycles. The Kier molecular flexibility index (Phi) is 5.25. The highest BCUT2D eigenvalue weighted by Crippen LogP contribution is 2.11. The Morgan fingerprint density at radius 2 is 2.05 bits per heavy atom. The summed E-state index contributed by atoms with van der Waals surface area (Å²) in [5, 5.41) is 2.95. The summed E-state index contributed by atoms with van der Waals surface area (Å²) in [6.07, 6.45) is 1.10. The number of hydrogen-bond donors (Lipinski definition) is 2. The fraction of sp³-hybridized carbons (Fsp3) is 0.455. The number of pyridine rings is 1. The molecule has 1 aromatic heterocycles. The average molecular weight is 287 g/mol. The quantitative estimate of drug-likeness (QED) is 0.570. The van der Waals surface area contributed by atoms with E-state index in [1.165, 1.54) is 7.11 Å². The van der Waals surface area contributed by atoms with Gasteiger partial charge in [0.25, 0.3) is 0 Å². The largest absolute Gasteiger partial charge is 0.465 e. The molecule has 0 atom stereocenters. The monoisotopic (exact) mass is 287 g/mol. The molecular weight excluding hydrogens is 270 g/mol. The van der Waals surface area contributed by atoms with Gasteiger partial charge in [0.2, 0.25) is 10.0 Å². The Labute approximate surface area is 112 Å². The molecule has 0 spiro atoms. The fourth-order valence-corrected chi connectivity index (χ4v) is 1.89. The first-order chi connectivity index (χ1) is 8.83. The van der Waals surface area contributed by atoms with E-state index in [0.717, 1.165) is 6.26 Å². The van der Waals surface area contributed by atoms with E-state index in [-0.39, 0.29) is 6.54 Å². The fourth-order valence-electron chi connectivity index (χ4n) is 1.41. The minimum absolute atomic E-state index is 0.262. The number of aromatic nitrogens is 1. The number of hydrogen-bond acceptors (Lipinski definition) is 6. The third kappa shape index (κ3) is 5.23. The van der Waals surface area contributed by atoms with Crippen LogP contribution in [0.5, 0.6) is 0 Å². The van der Waals surface area contributed by atoms with Crippen LogP contribution in [0.4, 0.5) is 5.82 Å². The molecule has 0 saturated carbocycles. The molecule has 0 aromatic carbocycles. The Balaban J connectivity index is 2.57. The molecule has 0 amide bonds. The highest BCUT2D eigenvalue weighted by molar-refractivity contribution is 7.88. The van der Waals surface area contributed by atoms with Gasteiger partial charge in [0.05, 0.1) is 24.6 Å². The summed E-state index contributed by atoms with van der Waals surface area (Å²) in [4.78, 5) is 15.5. The molecule has 8 heteroatoms. The Hall–Kier alpha value is -1.67. The van der Waals surface area contributed by atoms with Crippen molar-refractivity contribution in [3.05, 3.63) is 23.4 Å². The van der Waals surface area contributed by atoms with Gasteiger partial charge in [-0.25, -0.2) is 22.9 Å². The van der Waals surface area contributed by atoms with Crippen LogP contribution in [0.15, 0.2) is 12.1 Å². The van der Waals surface area contributed by atoms with E-state index in [4.69, 9.17) is 0 Å². The van der Waals surface area contributed by atoms with Crippen LogP contribution in [0.25, 0.3) is 0 Å². The Morgan fingerprint density at radius 3 is 2.58 bits per heavy atom. The summed E-state index contributed by atoms with van der Waals surface area (Å²) in [7, 11) is -1.87. The molecule has 2 N–H and O–H groups in total. The SMILES string of the molecule is COC(=O)c1ccc(NCCNS(C)(=O)=O)nc1C. The van der Waals surface area contributed by atoms with Crippen LogP contribution in [0.3, 0.4) is 0 Å². The minimum atomic E-state index is -3.18. The third-order valence-electron chi connectivity index (χ3n) is 2.29. The van der Waals surface area contributed by atoms with E-state index in [1.54, 1.807) is 19.1 Å². The van der Waals surface area contributed by atoms with Crippen molar-refractivity contribution in [2.24, 2.45) is 0 Å². The zero-order valence-electron chi connectivity index (χ0n) is 11.1. The van der Waals surface area contributed by atoms with E-state index in [1.807, 2.05) is 0 Å². The number of nitrogens with one attached hydrogen (secondary N) is 2. The first-order valence-electron chi connectivity index (χ1n) is 5.58. The van der Waals surface area contributed by atoms with Crippen molar-refractivity contribution in [2.75, 3.05) is 31.8 Å². The number of esters is 1. The highest BCUT2D eigenvalue weighted by Gasteiger charge is 2.10. The van der Waals surface area contributed by atoms with Crippen molar-refractivity contribution in [1.82, 2.24) is 9.71 Å². The molecule has 0 aliphatic rings. The van der Waals surface area contributed by atoms with Gasteiger partial charge < -0.3 is 10.1 Å². The van der Waals surface area contributed by atoms with Gasteiger partial charge in [-0.05, 0) is 19.1 Å². The van der Waals surface area contributed by atoms with Crippen molar-refractivity contribution >= 4 is 21.8 Å². The topological polar surface area (TPSA) is 97.4 Å². The Bertz CT molecular complexity index is 557. The van der Waals surface area contributed by atoms with E-state index < -0.39 is 16.0 Å². The zero-order chi connectivity index (χ0) is 14.5. The second kappa shape index (κ2) is 6.48. The number of rotatable bonds is 6. The van der Waals surface area contributed by atoms with Crippen LogP contribution in [0, 0.1) is 6.92 Å².